The molecule has 0 bridgehead atoms. The van der Waals surface area contributed by atoms with E-state index in [9.17, 15) is 0 Å². The van der Waals surface area contributed by atoms with Crippen molar-refractivity contribution in [3.05, 3.63) is 42.1 Å². The molecule has 3 aromatic heterocycles. The minimum Gasteiger partial charge on any atom is -0.333 e. The van der Waals surface area contributed by atoms with Crippen LogP contribution in [0.15, 0.2) is 35.1 Å². The normalized spacial score (nSPS) is 16.3. The van der Waals surface area contributed by atoms with Crippen LogP contribution in [0, 0.1) is 6.92 Å². The molecule has 0 aromatic carbocycles. The molecule has 3 heterocycles. The quantitative estimate of drug-likeness (QED) is 0.685. The summed E-state index contributed by atoms with van der Waals surface area (Å²) in [6.07, 6.45) is 5.23. The maximum absolute atomic E-state index is 5.48. The van der Waals surface area contributed by atoms with Gasteiger partial charge in [-0.05, 0) is 25.8 Å². The van der Waals surface area contributed by atoms with Gasteiger partial charge in [0.2, 0.25) is 0 Å². The summed E-state index contributed by atoms with van der Waals surface area (Å²) in [7, 11) is 0. The zero-order chi connectivity index (χ0) is 16.0. The molecule has 1 aliphatic carbocycles. The van der Waals surface area contributed by atoms with E-state index in [2.05, 4.69) is 38.6 Å². The second-order valence-corrected chi connectivity index (χ2v) is 7.09. The molecule has 1 aliphatic rings. The number of nitrogens with zero attached hydrogens (tertiary/aromatic N) is 5. The Bertz CT molecular complexity index is 875. The van der Waals surface area contributed by atoms with Crippen LogP contribution in [-0.4, -0.2) is 25.1 Å². The zero-order valence-corrected chi connectivity index (χ0v) is 13.7. The Hall–Kier alpha value is -2.41. The zero-order valence-electron chi connectivity index (χ0n) is 12.9. The van der Waals surface area contributed by atoms with Crippen molar-refractivity contribution < 1.29 is 4.52 Å². The third-order valence-corrected chi connectivity index (χ3v) is 5.14. The molecule has 6 nitrogen and oxygen atoms in total. The number of rotatable bonds is 3. The van der Waals surface area contributed by atoms with Gasteiger partial charge in [0.25, 0.3) is 5.89 Å². The molecule has 0 N–H and O–H groups in total. The Morgan fingerprint density at radius 2 is 1.96 bits per heavy atom. The minimum atomic E-state index is -0.0528. The van der Waals surface area contributed by atoms with Crippen LogP contribution in [0.5, 0.6) is 0 Å². The van der Waals surface area contributed by atoms with E-state index in [0.29, 0.717) is 11.7 Å². The summed E-state index contributed by atoms with van der Waals surface area (Å²) in [5.41, 5.74) is 2.02. The Kier molecular flexibility index (Phi) is 3.12. The van der Waals surface area contributed by atoms with Crippen molar-refractivity contribution in [3.63, 3.8) is 0 Å². The molecular weight excluding hydrogens is 310 g/mol. The van der Waals surface area contributed by atoms with E-state index >= 15 is 0 Å². The molecule has 116 valence electrons. The van der Waals surface area contributed by atoms with Crippen molar-refractivity contribution in [1.82, 2.24) is 25.1 Å². The highest BCUT2D eigenvalue weighted by Gasteiger charge is 2.41. The van der Waals surface area contributed by atoms with Crippen LogP contribution < -0.4 is 0 Å². The lowest BCUT2D eigenvalue weighted by molar-refractivity contribution is 0.322. The SMILES string of the molecule is C=C1CC(C)(c2noc(-c3sc(-c4ncccn4)nc3C)n2)C1. The van der Waals surface area contributed by atoms with E-state index in [1.165, 1.54) is 16.9 Å². The van der Waals surface area contributed by atoms with Crippen LogP contribution >= 0.6 is 11.3 Å². The number of allylic oxidation sites excluding steroid dienone is 1. The van der Waals surface area contributed by atoms with Crippen LogP contribution in [0.2, 0.25) is 0 Å². The van der Waals surface area contributed by atoms with Crippen molar-refractivity contribution in [2.45, 2.75) is 32.1 Å². The van der Waals surface area contributed by atoms with Crippen LogP contribution in [-0.2, 0) is 5.41 Å². The second kappa shape index (κ2) is 5.06. The number of thiazole rings is 1. The highest BCUT2D eigenvalue weighted by atomic mass is 32.1. The van der Waals surface area contributed by atoms with E-state index in [4.69, 9.17) is 4.52 Å². The lowest BCUT2D eigenvalue weighted by Crippen LogP contribution is -2.33. The van der Waals surface area contributed by atoms with Crippen molar-refractivity contribution in [2.24, 2.45) is 0 Å². The van der Waals surface area contributed by atoms with Gasteiger partial charge in [0.1, 0.15) is 4.88 Å². The Balaban J connectivity index is 1.68. The maximum atomic E-state index is 5.48. The summed E-state index contributed by atoms with van der Waals surface area (Å²) in [6, 6.07) is 1.78. The Labute approximate surface area is 137 Å². The summed E-state index contributed by atoms with van der Waals surface area (Å²) in [5.74, 6) is 1.86. The van der Waals surface area contributed by atoms with Crippen molar-refractivity contribution in [2.75, 3.05) is 0 Å². The average molecular weight is 325 g/mol. The van der Waals surface area contributed by atoms with E-state index in [0.717, 1.165) is 34.2 Å². The van der Waals surface area contributed by atoms with Gasteiger partial charge in [-0.25, -0.2) is 15.0 Å². The fourth-order valence-electron chi connectivity index (χ4n) is 2.87. The summed E-state index contributed by atoms with van der Waals surface area (Å²) in [5, 5.41) is 4.92. The fourth-order valence-corrected chi connectivity index (χ4v) is 3.81. The summed E-state index contributed by atoms with van der Waals surface area (Å²) >= 11 is 1.47. The first-order chi connectivity index (χ1) is 11.0. The summed E-state index contributed by atoms with van der Waals surface area (Å²) < 4.78 is 5.48. The molecule has 4 rings (SSSR count). The standard InChI is InChI=1S/C16H15N5OS/c1-9-7-16(3,8-9)15-20-13(22-21-15)11-10(2)19-14(23-11)12-17-5-4-6-18-12/h4-6H,1,7-8H2,2-3H3. The van der Waals surface area contributed by atoms with Crippen molar-refractivity contribution >= 4 is 11.3 Å². The van der Waals surface area contributed by atoms with E-state index in [-0.39, 0.29) is 5.41 Å². The maximum Gasteiger partial charge on any atom is 0.269 e. The monoisotopic (exact) mass is 325 g/mol. The van der Waals surface area contributed by atoms with Gasteiger partial charge in [0.15, 0.2) is 16.7 Å². The second-order valence-electron chi connectivity index (χ2n) is 6.09. The first-order valence-electron chi connectivity index (χ1n) is 7.31. The molecule has 0 atom stereocenters. The van der Waals surface area contributed by atoms with Gasteiger partial charge >= 0.3 is 0 Å². The molecule has 23 heavy (non-hydrogen) atoms. The van der Waals surface area contributed by atoms with Gasteiger partial charge in [-0.2, -0.15) is 4.98 Å². The van der Waals surface area contributed by atoms with E-state index in [1.54, 1.807) is 18.5 Å². The molecule has 1 saturated carbocycles. The van der Waals surface area contributed by atoms with E-state index < -0.39 is 0 Å². The van der Waals surface area contributed by atoms with Gasteiger partial charge in [0.05, 0.1) is 5.69 Å². The minimum absolute atomic E-state index is 0.0528. The van der Waals surface area contributed by atoms with E-state index in [1.807, 2.05) is 6.92 Å². The van der Waals surface area contributed by atoms with Crippen LogP contribution in [0.1, 0.15) is 31.3 Å². The molecule has 0 unspecified atom stereocenters. The Morgan fingerprint density at radius 1 is 1.22 bits per heavy atom. The average Bonchev–Trinajstić information content (AvgIpc) is 3.13. The number of aryl methyl sites for hydroxylation is 1. The molecule has 0 radical (unpaired) electrons. The first-order valence-corrected chi connectivity index (χ1v) is 8.13. The largest absolute Gasteiger partial charge is 0.333 e. The summed E-state index contributed by atoms with van der Waals surface area (Å²) in [6.45, 7) is 8.05. The number of aromatic nitrogens is 5. The van der Waals surface area contributed by atoms with Gasteiger partial charge in [0, 0.05) is 17.8 Å². The molecular formula is C16H15N5OS. The first kappa shape index (κ1) is 14.2. The van der Waals surface area contributed by atoms with Gasteiger partial charge in [-0.3, -0.25) is 0 Å². The molecule has 3 aromatic rings. The van der Waals surface area contributed by atoms with Crippen molar-refractivity contribution in [3.8, 4) is 21.6 Å². The summed E-state index contributed by atoms with van der Waals surface area (Å²) in [4.78, 5) is 18.4. The van der Waals surface area contributed by atoms with Crippen LogP contribution in [0.4, 0.5) is 0 Å². The van der Waals surface area contributed by atoms with Gasteiger partial charge in [-0.15, -0.1) is 11.3 Å². The highest BCUT2D eigenvalue weighted by molar-refractivity contribution is 7.18. The van der Waals surface area contributed by atoms with Gasteiger partial charge < -0.3 is 4.52 Å². The topological polar surface area (TPSA) is 77.6 Å². The van der Waals surface area contributed by atoms with Crippen LogP contribution in [0.3, 0.4) is 0 Å². The molecule has 0 spiro atoms. The third-order valence-electron chi connectivity index (χ3n) is 3.99. The lowest BCUT2D eigenvalue weighted by Gasteiger charge is -2.37. The predicted octanol–water partition coefficient (Wildman–Crippen LogP) is 3.57. The number of hydrogen-bond acceptors (Lipinski definition) is 7. The molecule has 1 fully saturated rings. The lowest BCUT2D eigenvalue weighted by atomic mass is 9.67. The van der Waals surface area contributed by atoms with Crippen molar-refractivity contribution in [1.29, 1.82) is 0 Å². The number of hydrogen-bond donors (Lipinski definition) is 0. The van der Waals surface area contributed by atoms with Gasteiger partial charge in [-0.1, -0.05) is 24.2 Å². The van der Waals surface area contributed by atoms with Crippen LogP contribution in [0.25, 0.3) is 21.6 Å². The third kappa shape index (κ3) is 2.37. The molecule has 7 heteroatoms. The fraction of sp³-hybridized carbons (Fsp3) is 0.312. The molecule has 0 aliphatic heterocycles. The highest BCUT2D eigenvalue weighted by Crippen LogP contribution is 2.45. The molecule has 0 saturated heterocycles. The smallest absolute Gasteiger partial charge is 0.269 e. The predicted molar refractivity (Wildman–Crippen MR) is 86.9 cm³/mol. The Morgan fingerprint density at radius 3 is 2.65 bits per heavy atom. The molecule has 0 amide bonds.